The van der Waals surface area contributed by atoms with Crippen molar-refractivity contribution in [3.63, 3.8) is 0 Å². The molecule has 0 amide bonds. The van der Waals surface area contributed by atoms with Gasteiger partial charge in [0.25, 0.3) is 0 Å². The van der Waals surface area contributed by atoms with Gasteiger partial charge in [0.15, 0.2) is 11.5 Å². The van der Waals surface area contributed by atoms with Crippen molar-refractivity contribution >= 4 is 16.0 Å². The number of hydrogen-bond acceptors (Lipinski definition) is 6. The van der Waals surface area contributed by atoms with Crippen LogP contribution >= 0.6 is 0 Å². The van der Waals surface area contributed by atoms with Gasteiger partial charge in [-0.3, -0.25) is 4.79 Å². The van der Waals surface area contributed by atoms with Crippen molar-refractivity contribution in [2.75, 3.05) is 21.3 Å². The van der Waals surface area contributed by atoms with Gasteiger partial charge in [-0.1, -0.05) is 13.8 Å². The highest BCUT2D eigenvalue weighted by Gasteiger charge is 2.27. The van der Waals surface area contributed by atoms with E-state index in [9.17, 15) is 13.2 Å². The highest BCUT2D eigenvalue weighted by Crippen LogP contribution is 2.29. The van der Waals surface area contributed by atoms with E-state index in [0.717, 1.165) is 0 Å². The van der Waals surface area contributed by atoms with Crippen molar-refractivity contribution in [3.8, 4) is 11.5 Å². The number of esters is 1. The number of carbonyl (C=O) groups excluding carboxylic acids is 1. The van der Waals surface area contributed by atoms with Gasteiger partial charge < -0.3 is 14.2 Å². The van der Waals surface area contributed by atoms with Crippen LogP contribution in [0.2, 0.25) is 0 Å². The third-order valence-electron chi connectivity index (χ3n) is 3.16. The number of benzene rings is 1. The second-order valence-corrected chi connectivity index (χ2v) is 7.06. The average Bonchev–Trinajstić information content (AvgIpc) is 2.51. The first-order valence-electron chi connectivity index (χ1n) is 7.07. The van der Waals surface area contributed by atoms with E-state index < -0.39 is 22.0 Å². The maximum absolute atomic E-state index is 12.5. The van der Waals surface area contributed by atoms with Crippen LogP contribution in [0.1, 0.15) is 20.3 Å². The van der Waals surface area contributed by atoms with Gasteiger partial charge in [0, 0.05) is 6.07 Å². The lowest BCUT2D eigenvalue weighted by Gasteiger charge is -2.18. The van der Waals surface area contributed by atoms with Crippen LogP contribution in [0.25, 0.3) is 0 Å². The first-order chi connectivity index (χ1) is 10.7. The zero-order valence-corrected chi connectivity index (χ0v) is 14.8. The van der Waals surface area contributed by atoms with Crippen LogP contribution in [0, 0.1) is 5.92 Å². The smallest absolute Gasteiger partial charge is 0.323 e. The highest BCUT2D eigenvalue weighted by atomic mass is 32.2. The zero-order valence-electron chi connectivity index (χ0n) is 14.0. The molecule has 1 aromatic rings. The fourth-order valence-corrected chi connectivity index (χ4v) is 3.26. The number of rotatable bonds is 8. The lowest BCUT2D eigenvalue weighted by atomic mass is 10.1. The lowest BCUT2D eigenvalue weighted by molar-refractivity contribution is -0.143. The van der Waals surface area contributed by atoms with Crippen molar-refractivity contribution in [1.29, 1.82) is 0 Å². The molecule has 0 aliphatic carbocycles. The quantitative estimate of drug-likeness (QED) is 0.719. The Hall–Kier alpha value is -1.80. The van der Waals surface area contributed by atoms with E-state index in [0.29, 0.717) is 12.2 Å². The minimum Gasteiger partial charge on any atom is -0.493 e. The first kappa shape index (κ1) is 19.2. The SMILES string of the molecule is COC(=O)[C@H](CC(C)C)NS(=O)(=O)c1ccc(OC)c(OC)c1. The molecule has 23 heavy (non-hydrogen) atoms. The largest absolute Gasteiger partial charge is 0.493 e. The monoisotopic (exact) mass is 345 g/mol. The van der Waals surface area contributed by atoms with Crippen LogP contribution in [0.4, 0.5) is 0 Å². The molecule has 0 unspecified atom stereocenters. The summed E-state index contributed by atoms with van der Waals surface area (Å²) in [6.07, 6.45) is 0.333. The normalized spacial score (nSPS) is 12.8. The van der Waals surface area contributed by atoms with Crippen molar-refractivity contribution < 1.29 is 27.4 Å². The fraction of sp³-hybridized carbons (Fsp3) is 0.533. The summed E-state index contributed by atoms with van der Waals surface area (Å²) in [5, 5.41) is 0. The predicted molar refractivity (Wildman–Crippen MR) is 85.1 cm³/mol. The first-order valence-corrected chi connectivity index (χ1v) is 8.55. The Balaban J connectivity index is 3.11. The van der Waals surface area contributed by atoms with Gasteiger partial charge in [-0.15, -0.1) is 0 Å². The summed E-state index contributed by atoms with van der Waals surface area (Å²) in [5.74, 6) is 0.196. The second kappa shape index (κ2) is 8.16. The minimum absolute atomic E-state index is 0.0205. The summed E-state index contributed by atoms with van der Waals surface area (Å²) in [4.78, 5) is 11.8. The molecule has 0 heterocycles. The number of sulfonamides is 1. The maximum atomic E-state index is 12.5. The van der Waals surface area contributed by atoms with Crippen molar-refractivity contribution in [3.05, 3.63) is 18.2 Å². The molecule has 0 saturated heterocycles. The van der Waals surface area contributed by atoms with Crippen LogP contribution in [0.3, 0.4) is 0 Å². The minimum atomic E-state index is -3.90. The molecule has 0 fully saturated rings. The van der Waals surface area contributed by atoms with Gasteiger partial charge in [0.05, 0.1) is 26.2 Å². The van der Waals surface area contributed by atoms with Crippen LogP contribution in [-0.4, -0.2) is 41.8 Å². The van der Waals surface area contributed by atoms with Crippen LogP contribution in [0.15, 0.2) is 23.1 Å². The van der Waals surface area contributed by atoms with Gasteiger partial charge >= 0.3 is 5.97 Å². The van der Waals surface area contributed by atoms with Gasteiger partial charge in [0.2, 0.25) is 10.0 Å². The van der Waals surface area contributed by atoms with Crippen LogP contribution < -0.4 is 14.2 Å². The van der Waals surface area contributed by atoms with Crippen LogP contribution in [-0.2, 0) is 19.6 Å². The Labute approximate surface area is 137 Å². The summed E-state index contributed by atoms with van der Waals surface area (Å²) < 4.78 is 42.2. The summed E-state index contributed by atoms with van der Waals surface area (Å²) in [5.41, 5.74) is 0. The van der Waals surface area contributed by atoms with E-state index in [2.05, 4.69) is 9.46 Å². The van der Waals surface area contributed by atoms with Gasteiger partial charge in [-0.25, -0.2) is 8.42 Å². The van der Waals surface area contributed by atoms with E-state index in [4.69, 9.17) is 9.47 Å². The van der Waals surface area contributed by atoms with Crippen molar-refractivity contribution in [2.45, 2.75) is 31.2 Å². The predicted octanol–water partition coefficient (Wildman–Crippen LogP) is 1.57. The molecular formula is C15H23NO6S. The fourth-order valence-electron chi connectivity index (χ4n) is 2.05. The third kappa shape index (κ3) is 5.11. The second-order valence-electron chi connectivity index (χ2n) is 5.34. The van der Waals surface area contributed by atoms with Crippen molar-refractivity contribution in [2.24, 2.45) is 5.92 Å². The number of nitrogens with one attached hydrogen (secondary N) is 1. The van der Waals surface area contributed by atoms with E-state index in [1.807, 2.05) is 13.8 Å². The molecule has 1 aromatic carbocycles. The van der Waals surface area contributed by atoms with Crippen molar-refractivity contribution in [1.82, 2.24) is 4.72 Å². The maximum Gasteiger partial charge on any atom is 0.323 e. The van der Waals surface area contributed by atoms with Gasteiger partial charge in [-0.05, 0) is 24.5 Å². The summed E-state index contributed by atoms with van der Waals surface area (Å²) in [6.45, 7) is 3.78. The molecule has 0 aromatic heterocycles. The summed E-state index contributed by atoms with van der Waals surface area (Å²) in [7, 11) is 0.191. The highest BCUT2D eigenvalue weighted by molar-refractivity contribution is 7.89. The Morgan fingerprint density at radius 1 is 1.13 bits per heavy atom. The molecule has 0 aliphatic heterocycles. The topological polar surface area (TPSA) is 90.9 Å². The van der Waals surface area contributed by atoms with Gasteiger partial charge in [0.1, 0.15) is 6.04 Å². The van der Waals surface area contributed by atoms with E-state index >= 15 is 0 Å². The average molecular weight is 345 g/mol. The molecule has 0 bridgehead atoms. The molecule has 130 valence electrons. The molecule has 1 atom stereocenters. The lowest BCUT2D eigenvalue weighted by Crippen LogP contribution is -2.42. The van der Waals surface area contributed by atoms with E-state index in [1.165, 1.54) is 39.5 Å². The number of hydrogen-bond donors (Lipinski definition) is 1. The molecule has 1 rings (SSSR count). The molecule has 0 spiro atoms. The summed E-state index contributed by atoms with van der Waals surface area (Å²) in [6, 6.07) is 3.26. The Bertz CT molecular complexity index is 641. The molecular weight excluding hydrogens is 322 g/mol. The molecule has 7 nitrogen and oxygen atoms in total. The number of ether oxygens (including phenoxy) is 3. The number of methoxy groups -OCH3 is 3. The van der Waals surface area contributed by atoms with Gasteiger partial charge in [-0.2, -0.15) is 4.72 Å². The molecule has 0 saturated carbocycles. The number of carbonyl (C=O) groups is 1. The summed E-state index contributed by atoms with van der Waals surface area (Å²) >= 11 is 0. The molecule has 8 heteroatoms. The molecule has 1 N–H and O–H groups in total. The van der Waals surface area contributed by atoms with E-state index in [-0.39, 0.29) is 16.6 Å². The molecule has 0 aliphatic rings. The Morgan fingerprint density at radius 2 is 1.74 bits per heavy atom. The van der Waals surface area contributed by atoms with E-state index in [1.54, 1.807) is 0 Å². The van der Waals surface area contributed by atoms with Crippen LogP contribution in [0.5, 0.6) is 11.5 Å². The third-order valence-corrected chi connectivity index (χ3v) is 4.62. The Morgan fingerprint density at radius 3 is 2.22 bits per heavy atom. The standard InChI is InChI=1S/C15H23NO6S/c1-10(2)8-12(15(17)22-5)16-23(18,19)11-6-7-13(20-3)14(9-11)21-4/h6-7,9-10,12,16H,8H2,1-5H3/t12-/m0/s1. The zero-order chi connectivity index (χ0) is 17.6. The molecule has 0 radical (unpaired) electrons. The Kier molecular flexibility index (Phi) is 6.83.